The number of nitrogens with one attached hydrogen (secondary N) is 2. The van der Waals surface area contributed by atoms with E-state index in [4.69, 9.17) is 9.41 Å². The average Bonchev–Trinajstić information content (AvgIpc) is 3.36. The molecule has 3 rings (SSSR count). The van der Waals surface area contributed by atoms with Gasteiger partial charge in [-0.3, -0.25) is 4.68 Å². The molecule has 0 spiro atoms. The Hall–Kier alpha value is -3.09. The SMILES string of the molecule is CCNC(=NCc1cccc(Cn2cccn2)c1)NCc1ncc(C(C)(C)C)o1. The van der Waals surface area contributed by atoms with Gasteiger partial charge in [-0.25, -0.2) is 9.98 Å². The van der Waals surface area contributed by atoms with Crippen LogP contribution in [-0.4, -0.2) is 27.3 Å². The van der Waals surface area contributed by atoms with Crippen LogP contribution >= 0.6 is 0 Å². The van der Waals surface area contributed by atoms with E-state index >= 15 is 0 Å². The van der Waals surface area contributed by atoms with Crippen LogP contribution in [0.15, 0.2) is 58.3 Å². The van der Waals surface area contributed by atoms with E-state index in [1.807, 2.05) is 23.9 Å². The zero-order valence-corrected chi connectivity index (χ0v) is 17.6. The van der Waals surface area contributed by atoms with E-state index in [1.165, 1.54) is 5.56 Å². The average molecular weight is 395 g/mol. The molecule has 0 aliphatic heterocycles. The first kappa shape index (κ1) is 20.6. The van der Waals surface area contributed by atoms with Crippen molar-refractivity contribution < 1.29 is 4.42 Å². The quantitative estimate of drug-likeness (QED) is 0.474. The molecule has 0 aliphatic rings. The third kappa shape index (κ3) is 6.20. The molecule has 0 aliphatic carbocycles. The zero-order valence-electron chi connectivity index (χ0n) is 17.6. The highest BCUT2D eigenvalue weighted by Crippen LogP contribution is 2.22. The van der Waals surface area contributed by atoms with E-state index in [1.54, 1.807) is 12.4 Å². The van der Waals surface area contributed by atoms with Crippen LogP contribution in [0.3, 0.4) is 0 Å². The second-order valence-corrected chi connectivity index (χ2v) is 7.94. The second-order valence-electron chi connectivity index (χ2n) is 7.94. The fourth-order valence-corrected chi connectivity index (χ4v) is 2.82. The highest BCUT2D eigenvalue weighted by atomic mass is 16.4. The molecule has 0 saturated heterocycles. The number of aromatic nitrogens is 3. The van der Waals surface area contributed by atoms with Crippen molar-refractivity contribution in [3.8, 4) is 0 Å². The van der Waals surface area contributed by atoms with Gasteiger partial charge in [0.05, 0.1) is 25.8 Å². The number of hydrogen-bond acceptors (Lipinski definition) is 4. The Morgan fingerprint density at radius 1 is 1.17 bits per heavy atom. The van der Waals surface area contributed by atoms with E-state index in [9.17, 15) is 0 Å². The molecular formula is C22H30N6O. The third-order valence-corrected chi connectivity index (χ3v) is 4.36. The van der Waals surface area contributed by atoms with Crippen LogP contribution in [0, 0.1) is 0 Å². The number of rotatable bonds is 7. The fourth-order valence-electron chi connectivity index (χ4n) is 2.82. The number of guanidine groups is 1. The van der Waals surface area contributed by atoms with Gasteiger partial charge < -0.3 is 15.1 Å². The second kappa shape index (κ2) is 9.41. The Bertz CT molecular complexity index is 921. The Morgan fingerprint density at radius 2 is 2.00 bits per heavy atom. The van der Waals surface area contributed by atoms with Crippen LogP contribution in [0.5, 0.6) is 0 Å². The summed E-state index contributed by atoms with van der Waals surface area (Å²) in [5, 5.41) is 10.8. The molecule has 0 unspecified atom stereocenters. The van der Waals surface area contributed by atoms with Gasteiger partial charge >= 0.3 is 0 Å². The summed E-state index contributed by atoms with van der Waals surface area (Å²) in [6, 6.07) is 10.3. The van der Waals surface area contributed by atoms with Gasteiger partial charge in [0.15, 0.2) is 5.96 Å². The summed E-state index contributed by atoms with van der Waals surface area (Å²) in [4.78, 5) is 9.05. The van der Waals surface area contributed by atoms with E-state index in [2.05, 4.69) is 65.8 Å². The molecule has 2 aromatic heterocycles. The summed E-state index contributed by atoms with van der Waals surface area (Å²) >= 11 is 0. The van der Waals surface area contributed by atoms with Crippen molar-refractivity contribution in [3.05, 3.63) is 71.7 Å². The largest absolute Gasteiger partial charge is 0.443 e. The van der Waals surface area contributed by atoms with E-state index < -0.39 is 0 Å². The van der Waals surface area contributed by atoms with Gasteiger partial charge in [0.1, 0.15) is 5.76 Å². The Labute approximate surface area is 172 Å². The lowest BCUT2D eigenvalue weighted by Crippen LogP contribution is -2.36. The van der Waals surface area contributed by atoms with Crippen molar-refractivity contribution in [3.63, 3.8) is 0 Å². The maximum Gasteiger partial charge on any atom is 0.213 e. The number of hydrogen-bond donors (Lipinski definition) is 2. The summed E-state index contributed by atoms with van der Waals surface area (Å²) in [6.45, 7) is 11.0. The first-order valence-electron chi connectivity index (χ1n) is 9.96. The normalized spacial score (nSPS) is 12.2. The highest BCUT2D eigenvalue weighted by molar-refractivity contribution is 5.79. The van der Waals surface area contributed by atoms with Crippen molar-refractivity contribution in [1.29, 1.82) is 0 Å². The van der Waals surface area contributed by atoms with E-state index in [0.717, 1.165) is 30.4 Å². The van der Waals surface area contributed by atoms with Crippen LogP contribution in [0.1, 0.15) is 50.5 Å². The molecule has 0 atom stereocenters. The van der Waals surface area contributed by atoms with Crippen LogP contribution in [0.4, 0.5) is 0 Å². The minimum Gasteiger partial charge on any atom is -0.443 e. The van der Waals surface area contributed by atoms with Gasteiger partial charge in [-0.1, -0.05) is 45.0 Å². The Morgan fingerprint density at radius 3 is 2.69 bits per heavy atom. The molecule has 7 heteroatoms. The Kier molecular flexibility index (Phi) is 6.69. The lowest BCUT2D eigenvalue weighted by molar-refractivity contribution is 0.379. The summed E-state index contributed by atoms with van der Waals surface area (Å²) in [7, 11) is 0. The number of oxazole rings is 1. The van der Waals surface area contributed by atoms with Crippen LogP contribution in [0.25, 0.3) is 0 Å². The van der Waals surface area contributed by atoms with Gasteiger partial charge in [-0.2, -0.15) is 5.10 Å². The van der Waals surface area contributed by atoms with Crippen LogP contribution < -0.4 is 10.6 Å². The zero-order chi connectivity index (χ0) is 20.7. The van der Waals surface area contributed by atoms with Crippen molar-refractivity contribution in [2.45, 2.75) is 52.7 Å². The van der Waals surface area contributed by atoms with Crippen molar-refractivity contribution in [2.75, 3.05) is 6.54 Å². The monoisotopic (exact) mass is 394 g/mol. The third-order valence-electron chi connectivity index (χ3n) is 4.36. The maximum absolute atomic E-state index is 5.84. The molecule has 0 amide bonds. The molecule has 154 valence electrons. The van der Waals surface area contributed by atoms with Crippen molar-refractivity contribution in [2.24, 2.45) is 4.99 Å². The van der Waals surface area contributed by atoms with Gasteiger partial charge in [0.2, 0.25) is 5.89 Å². The number of benzene rings is 1. The molecule has 0 bridgehead atoms. The summed E-state index contributed by atoms with van der Waals surface area (Å²) in [5.41, 5.74) is 2.30. The van der Waals surface area contributed by atoms with Crippen LogP contribution in [0.2, 0.25) is 0 Å². The predicted molar refractivity (Wildman–Crippen MR) is 115 cm³/mol. The lowest BCUT2D eigenvalue weighted by atomic mass is 9.94. The summed E-state index contributed by atoms with van der Waals surface area (Å²) in [6.07, 6.45) is 5.55. The molecule has 0 radical (unpaired) electrons. The maximum atomic E-state index is 5.84. The van der Waals surface area contributed by atoms with E-state index in [0.29, 0.717) is 19.0 Å². The predicted octanol–water partition coefficient (Wildman–Crippen LogP) is 3.47. The molecule has 1 aromatic carbocycles. The van der Waals surface area contributed by atoms with Gasteiger partial charge in [-0.15, -0.1) is 0 Å². The minimum atomic E-state index is -0.0506. The molecule has 2 N–H and O–H groups in total. The molecule has 29 heavy (non-hydrogen) atoms. The minimum absolute atomic E-state index is 0.0506. The van der Waals surface area contributed by atoms with Crippen molar-refractivity contribution in [1.82, 2.24) is 25.4 Å². The number of nitrogens with zero attached hydrogens (tertiary/aromatic N) is 4. The molecule has 2 heterocycles. The summed E-state index contributed by atoms with van der Waals surface area (Å²) in [5.74, 6) is 2.27. The van der Waals surface area contributed by atoms with E-state index in [-0.39, 0.29) is 5.41 Å². The first-order valence-corrected chi connectivity index (χ1v) is 9.96. The topological polar surface area (TPSA) is 80.3 Å². The summed E-state index contributed by atoms with van der Waals surface area (Å²) < 4.78 is 7.75. The molecule has 7 nitrogen and oxygen atoms in total. The first-order chi connectivity index (χ1) is 13.9. The van der Waals surface area contributed by atoms with Gasteiger partial charge in [0, 0.05) is 24.4 Å². The smallest absolute Gasteiger partial charge is 0.213 e. The highest BCUT2D eigenvalue weighted by Gasteiger charge is 2.19. The molecule has 0 saturated carbocycles. The fraction of sp³-hybridized carbons (Fsp3) is 0.409. The van der Waals surface area contributed by atoms with Gasteiger partial charge in [-0.05, 0) is 24.1 Å². The van der Waals surface area contributed by atoms with Gasteiger partial charge in [0.25, 0.3) is 0 Å². The number of aliphatic imine (C=N–C) groups is 1. The standard InChI is InChI=1S/C22H30N6O/c1-5-23-21(26-15-20-24-14-19(29-20)22(2,3)4)25-13-17-8-6-9-18(12-17)16-28-11-7-10-27-28/h6-12,14H,5,13,15-16H2,1-4H3,(H2,23,25,26). The Balaban J connectivity index is 1.61. The molecular weight excluding hydrogens is 364 g/mol. The molecule has 0 fully saturated rings. The van der Waals surface area contributed by atoms with Crippen molar-refractivity contribution >= 4 is 5.96 Å². The van der Waals surface area contributed by atoms with Crippen LogP contribution in [-0.2, 0) is 25.0 Å². The lowest BCUT2D eigenvalue weighted by Gasteiger charge is -2.13. The molecule has 3 aromatic rings.